The van der Waals surface area contributed by atoms with Gasteiger partial charge in [-0.2, -0.15) is 0 Å². The number of rotatable bonds is 6. The van der Waals surface area contributed by atoms with E-state index < -0.39 is 0 Å². The number of nitrogens with one attached hydrogen (secondary N) is 1. The van der Waals surface area contributed by atoms with Crippen LogP contribution in [0.4, 0.5) is 0 Å². The van der Waals surface area contributed by atoms with Gasteiger partial charge in [-0.25, -0.2) is 0 Å². The first-order valence-corrected chi connectivity index (χ1v) is 12.5. The molecule has 2 amide bonds. The zero-order valence-corrected chi connectivity index (χ0v) is 19.5. The normalized spacial score (nSPS) is 21.9. The monoisotopic (exact) mass is 446 g/mol. The first-order chi connectivity index (χ1) is 16.1. The predicted molar refractivity (Wildman–Crippen MR) is 129 cm³/mol. The van der Waals surface area contributed by atoms with Gasteiger partial charge in [-0.15, -0.1) is 0 Å². The van der Waals surface area contributed by atoms with Gasteiger partial charge < -0.3 is 15.0 Å². The average Bonchev–Trinajstić information content (AvgIpc) is 3.53. The molecule has 1 heterocycles. The average molecular weight is 447 g/mol. The number of hydrogen-bond acceptors (Lipinski definition) is 3. The van der Waals surface area contributed by atoms with Gasteiger partial charge in [-0.05, 0) is 61.4 Å². The van der Waals surface area contributed by atoms with E-state index in [0.29, 0.717) is 6.54 Å². The van der Waals surface area contributed by atoms with Crippen LogP contribution in [0.2, 0.25) is 0 Å². The summed E-state index contributed by atoms with van der Waals surface area (Å²) in [7, 11) is 1.66. The Morgan fingerprint density at radius 3 is 2.42 bits per heavy atom. The molecule has 2 saturated carbocycles. The molecule has 5 heteroatoms. The summed E-state index contributed by atoms with van der Waals surface area (Å²) in [6.45, 7) is 0.581. The van der Waals surface area contributed by atoms with E-state index >= 15 is 0 Å². The Kier molecular flexibility index (Phi) is 6.13. The number of methoxy groups -OCH3 is 1. The van der Waals surface area contributed by atoms with Crippen molar-refractivity contribution in [1.29, 1.82) is 0 Å². The molecule has 0 saturated heterocycles. The fourth-order valence-corrected chi connectivity index (χ4v) is 6.52. The van der Waals surface area contributed by atoms with Crippen molar-refractivity contribution in [3.8, 4) is 5.75 Å². The van der Waals surface area contributed by atoms with E-state index in [9.17, 15) is 9.59 Å². The van der Waals surface area contributed by atoms with Crippen molar-refractivity contribution in [3.63, 3.8) is 0 Å². The first-order valence-electron chi connectivity index (χ1n) is 12.5. The van der Waals surface area contributed by atoms with Gasteiger partial charge in [-0.1, -0.05) is 56.0 Å². The van der Waals surface area contributed by atoms with Crippen LogP contribution >= 0.6 is 0 Å². The van der Waals surface area contributed by atoms with Crippen molar-refractivity contribution in [3.05, 3.63) is 65.2 Å². The molecule has 1 unspecified atom stereocenters. The topological polar surface area (TPSA) is 58.6 Å². The number of amides is 2. The third-order valence-electron chi connectivity index (χ3n) is 8.03. The Balaban J connectivity index is 1.42. The molecule has 2 fully saturated rings. The lowest BCUT2D eigenvalue weighted by molar-refractivity contribution is -0.126. The van der Waals surface area contributed by atoms with Crippen LogP contribution in [0.25, 0.3) is 0 Å². The molecule has 5 rings (SSSR count). The van der Waals surface area contributed by atoms with E-state index in [2.05, 4.69) is 10.2 Å². The van der Waals surface area contributed by atoms with Crippen LogP contribution in [0.15, 0.2) is 48.5 Å². The summed E-state index contributed by atoms with van der Waals surface area (Å²) >= 11 is 0. The van der Waals surface area contributed by atoms with Gasteiger partial charge in [0.2, 0.25) is 5.91 Å². The van der Waals surface area contributed by atoms with Gasteiger partial charge in [-0.3, -0.25) is 9.59 Å². The number of benzene rings is 2. The zero-order chi connectivity index (χ0) is 22.8. The number of nitrogens with zero attached hydrogens (tertiary/aromatic N) is 1. The Bertz CT molecular complexity index is 1000. The molecule has 0 aromatic heterocycles. The summed E-state index contributed by atoms with van der Waals surface area (Å²) in [5.41, 5.74) is 2.42. The van der Waals surface area contributed by atoms with Crippen LogP contribution in [0.3, 0.4) is 0 Å². The van der Waals surface area contributed by atoms with E-state index in [1.54, 1.807) is 7.11 Å². The van der Waals surface area contributed by atoms with Crippen molar-refractivity contribution in [1.82, 2.24) is 10.2 Å². The minimum atomic E-state index is -0.384. The van der Waals surface area contributed by atoms with Crippen molar-refractivity contribution in [2.24, 2.45) is 0 Å². The van der Waals surface area contributed by atoms with Gasteiger partial charge in [0.15, 0.2) is 0 Å². The number of fused-ring (bicyclic) bond motifs is 1. The number of hydrogen-bond donors (Lipinski definition) is 1. The molecule has 33 heavy (non-hydrogen) atoms. The third-order valence-corrected chi connectivity index (χ3v) is 8.03. The Morgan fingerprint density at radius 1 is 1.03 bits per heavy atom. The van der Waals surface area contributed by atoms with Crippen molar-refractivity contribution < 1.29 is 14.3 Å². The lowest BCUT2D eigenvalue weighted by Crippen LogP contribution is -2.63. The molecule has 2 aromatic carbocycles. The summed E-state index contributed by atoms with van der Waals surface area (Å²) in [4.78, 5) is 29.8. The largest absolute Gasteiger partial charge is 0.497 e. The van der Waals surface area contributed by atoms with E-state index in [0.717, 1.165) is 61.8 Å². The maximum Gasteiger partial charge on any atom is 0.254 e. The Morgan fingerprint density at radius 2 is 1.73 bits per heavy atom. The first kappa shape index (κ1) is 22.0. The molecule has 1 aliphatic heterocycles. The highest BCUT2D eigenvalue weighted by Gasteiger charge is 2.57. The summed E-state index contributed by atoms with van der Waals surface area (Å²) in [5, 5.41) is 3.24. The molecule has 1 N–H and O–H groups in total. The minimum Gasteiger partial charge on any atom is -0.497 e. The van der Waals surface area contributed by atoms with Gasteiger partial charge in [0.05, 0.1) is 18.6 Å². The quantitative estimate of drug-likeness (QED) is 0.690. The molecule has 174 valence electrons. The fraction of sp³-hybridized carbons (Fsp3) is 0.500. The van der Waals surface area contributed by atoms with E-state index in [-0.39, 0.29) is 29.3 Å². The Hall–Kier alpha value is -2.82. The zero-order valence-electron chi connectivity index (χ0n) is 19.5. The van der Waals surface area contributed by atoms with E-state index in [4.69, 9.17) is 4.74 Å². The predicted octanol–water partition coefficient (Wildman–Crippen LogP) is 4.85. The molecule has 2 aromatic rings. The second-order valence-electron chi connectivity index (χ2n) is 9.83. The maximum atomic E-state index is 13.8. The summed E-state index contributed by atoms with van der Waals surface area (Å²) in [6, 6.07) is 16.1. The van der Waals surface area contributed by atoms with Crippen molar-refractivity contribution in [2.75, 3.05) is 13.7 Å². The van der Waals surface area contributed by atoms with Crippen LogP contribution in [0.5, 0.6) is 5.75 Å². The van der Waals surface area contributed by atoms with Gasteiger partial charge >= 0.3 is 0 Å². The molecule has 1 spiro atoms. The van der Waals surface area contributed by atoms with Gasteiger partial charge in [0, 0.05) is 18.2 Å². The molecular formula is C28H34N2O3. The number of ether oxygens (including phenoxy) is 1. The van der Waals surface area contributed by atoms with E-state index in [1.165, 1.54) is 18.4 Å². The molecule has 3 aliphatic rings. The molecule has 1 atom stereocenters. The van der Waals surface area contributed by atoms with Crippen molar-refractivity contribution >= 4 is 11.8 Å². The summed E-state index contributed by atoms with van der Waals surface area (Å²) in [5.74, 6) is 0.738. The van der Waals surface area contributed by atoms with Crippen LogP contribution in [0, 0.1) is 0 Å². The van der Waals surface area contributed by atoms with Crippen LogP contribution < -0.4 is 10.1 Å². The second-order valence-corrected chi connectivity index (χ2v) is 9.83. The fourth-order valence-electron chi connectivity index (χ4n) is 6.52. The molecule has 5 nitrogen and oxygen atoms in total. The molecular weight excluding hydrogens is 412 g/mol. The van der Waals surface area contributed by atoms with Gasteiger partial charge in [0.1, 0.15) is 5.75 Å². The maximum absolute atomic E-state index is 13.8. The van der Waals surface area contributed by atoms with Gasteiger partial charge in [0.25, 0.3) is 5.91 Å². The lowest BCUT2D eigenvalue weighted by Gasteiger charge is -2.52. The summed E-state index contributed by atoms with van der Waals surface area (Å²) < 4.78 is 5.24. The molecule has 0 radical (unpaired) electrons. The highest BCUT2D eigenvalue weighted by Crippen LogP contribution is 2.52. The van der Waals surface area contributed by atoms with Crippen LogP contribution in [-0.2, 0) is 11.2 Å². The lowest BCUT2D eigenvalue weighted by atomic mass is 9.70. The number of carbonyl (C=O) groups is 2. The third kappa shape index (κ3) is 3.92. The van der Waals surface area contributed by atoms with Crippen LogP contribution in [-0.4, -0.2) is 41.9 Å². The Labute approximate surface area is 196 Å². The smallest absolute Gasteiger partial charge is 0.254 e. The second kappa shape index (κ2) is 9.20. The highest BCUT2D eigenvalue weighted by atomic mass is 16.5. The SMILES string of the molecule is COc1ccc(CCNC(=O)C2c3ccccc3C(=O)N(C3CCCC3)C23CCCC3)cc1. The molecule has 2 aliphatic carbocycles. The number of carbonyl (C=O) groups excluding carboxylic acids is 2. The minimum absolute atomic E-state index is 0.0633. The molecule has 0 bridgehead atoms. The standard InChI is InChI=1S/C28H34N2O3/c1-33-22-14-12-20(13-15-22)16-19-29-26(31)25-23-10-4-5-11-24(23)27(32)30(21-8-2-3-9-21)28(25)17-6-7-18-28/h4-5,10-15,21,25H,2-3,6-9,16-19H2,1H3,(H,29,31). The summed E-state index contributed by atoms with van der Waals surface area (Å²) in [6.07, 6.45) is 9.21. The van der Waals surface area contributed by atoms with E-state index in [1.807, 2.05) is 48.5 Å². The highest BCUT2D eigenvalue weighted by molar-refractivity contribution is 6.02. The van der Waals surface area contributed by atoms with Crippen LogP contribution in [0.1, 0.15) is 78.8 Å². The van der Waals surface area contributed by atoms with Crippen molar-refractivity contribution in [2.45, 2.75) is 75.3 Å².